The molecule has 0 spiro atoms. The number of hydrogen-bond donors (Lipinski definition) is 0. The molecule has 0 atom stereocenters. The topological polar surface area (TPSA) is 77.5 Å². The molecule has 0 N–H and O–H groups in total. The Morgan fingerprint density at radius 1 is 0.889 bits per heavy atom. The second kappa shape index (κ2) is 9.56. The molecule has 0 saturated carbocycles. The zero-order chi connectivity index (χ0) is 24.5. The number of nitrogens with zero attached hydrogens (tertiary/aromatic N) is 6. The number of ether oxygens (including phenoxy) is 1. The standard InChI is InChI=1S/C27H23ClN6O2/c28-22-5-3-20(4-6-22)24-17-30-34-26(25(24)21-9-11-29-12-10-21)31-33(27(34)35)18-19-1-7-23(8-2-19)32-13-15-36-16-14-32/h1-12,17H,13-16,18H2. The number of benzene rings is 2. The number of rotatable bonds is 5. The summed E-state index contributed by atoms with van der Waals surface area (Å²) in [6, 6.07) is 19.6. The molecule has 0 bridgehead atoms. The molecule has 1 fully saturated rings. The summed E-state index contributed by atoms with van der Waals surface area (Å²) in [5.41, 5.74) is 5.84. The van der Waals surface area contributed by atoms with Crippen LogP contribution in [0.15, 0.2) is 84.0 Å². The summed E-state index contributed by atoms with van der Waals surface area (Å²) in [4.78, 5) is 19.7. The monoisotopic (exact) mass is 498 g/mol. The van der Waals surface area contributed by atoms with Gasteiger partial charge in [0.25, 0.3) is 0 Å². The first-order valence-electron chi connectivity index (χ1n) is 11.7. The quantitative estimate of drug-likeness (QED) is 0.362. The molecular weight excluding hydrogens is 476 g/mol. The normalized spacial score (nSPS) is 13.9. The van der Waals surface area contributed by atoms with Gasteiger partial charge in [0.1, 0.15) is 0 Å². The minimum Gasteiger partial charge on any atom is -0.378 e. The molecule has 180 valence electrons. The van der Waals surface area contributed by atoms with E-state index in [1.807, 2.05) is 48.5 Å². The van der Waals surface area contributed by atoms with Crippen LogP contribution in [0, 0.1) is 0 Å². The van der Waals surface area contributed by atoms with Gasteiger partial charge < -0.3 is 9.64 Å². The second-order valence-corrected chi connectivity index (χ2v) is 9.05. The van der Waals surface area contributed by atoms with Crippen LogP contribution in [0.4, 0.5) is 5.69 Å². The lowest BCUT2D eigenvalue weighted by Crippen LogP contribution is -2.36. The van der Waals surface area contributed by atoms with Crippen molar-refractivity contribution in [2.45, 2.75) is 6.54 Å². The van der Waals surface area contributed by atoms with Gasteiger partial charge in [-0.2, -0.15) is 9.61 Å². The molecule has 1 aliphatic heterocycles. The van der Waals surface area contributed by atoms with Crippen LogP contribution < -0.4 is 10.6 Å². The summed E-state index contributed by atoms with van der Waals surface area (Å²) in [6.45, 7) is 3.58. The minimum atomic E-state index is -0.291. The molecule has 5 aromatic rings. The van der Waals surface area contributed by atoms with E-state index in [0.29, 0.717) is 17.2 Å². The zero-order valence-electron chi connectivity index (χ0n) is 19.4. The van der Waals surface area contributed by atoms with E-state index in [4.69, 9.17) is 21.4 Å². The van der Waals surface area contributed by atoms with Gasteiger partial charge in [-0.1, -0.05) is 35.9 Å². The first kappa shape index (κ1) is 22.5. The van der Waals surface area contributed by atoms with E-state index in [1.54, 1.807) is 18.6 Å². The molecule has 0 aliphatic carbocycles. The fourth-order valence-corrected chi connectivity index (χ4v) is 4.65. The van der Waals surface area contributed by atoms with Crippen molar-refractivity contribution in [3.63, 3.8) is 0 Å². The van der Waals surface area contributed by atoms with Gasteiger partial charge in [-0.15, -0.1) is 5.10 Å². The van der Waals surface area contributed by atoms with E-state index in [0.717, 1.165) is 59.8 Å². The summed E-state index contributed by atoms with van der Waals surface area (Å²) in [7, 11) is 0. The van der Waals surface area contributed by atoms with Crippen molar-refractivity contribution in [2.75, 3.05) is 31.2 Å². The molecule has 4 heterocycles. The number of fused-ring (bicyclic) bond motifs is 1. The predicted molar refractivity (Wildman–Crippen MR) is 139 cm³/mol. The first-order valence-corrected chi connectivity index (χ1v) is 12.1. The summed E-state index contributed by atoms with van der Waals surface area (Å²) in [5.74, 6) is 0. The molecule has 36 heavy (non-hydrogen) atoms. The lowest BCUT2D eigenvalue weighted by atomic mass is 9.98. The van der Waals surface area contributed by atoms with Crippen molar-refractivity contribution >= 4 is 22.9 Å². The van der Waals surface area contributed by atoms with Crippen molar-refractivity contribution in [3.05, 3.63) is 100 Å². The molecule has 0 amide bonds. The second-order valence-electron chi connectivity index (χ2n) is 8.62. The minimum absolute atomic E-state index is 0.291. The van der Waals surface area contributed by atoms with Crippen LogP contribution in [0.2, 0.25) is 5.02 Å². The first-order chi connectivity index (χ1) is 17.7. The smallest absolute Gasteiger partial charge is 0.367 e. The van der Waals surface area contributed by atoms with Crippen molar-refractivity contribution in [2.24, 2.45) is 0 Å². The van der Waals surface area contributed by atoms with Crippen LogP contribution in [0.25, 0.3) is 27.9 Å². The summed E-state index contributed by atoms with van der Waals surface area (Å²) < 4.78 is 8.26. The Morgan fingerprint density at radius 2 is 1.61 bits per heavy atom. The Bertz CT molecular complexity index is 1560. The van der Waals surface area contributed by atoms with E-state index in [2.05, 4.69) is 27.1 Å². The number of aromatic nitrogens is 5. The van der Waals surface area contributed by atoms with E-state index in [1.165, 1.54) is 9.20 Å². The number of anilines is 1. The summed E-state index contributed by atoms with van der Waals surface area (Å²) in [6.07, 6.45) is 5.16. The highest BCUT2D eigenvalue weighted by molar-refractivity contribution is 6.30. The van der Waals surface area contributed by atoms with Crippen molar-refractivity contribution in [1.29, 1.82) is 0 Å². The predicted octanol–water partition coefficient (Wildman–Crippen LogP) is 4.16. The number of pyridine rings is 1. The van der Waals surface area contributed by atoms with E-state index in [-0.39, 0.29) is 5.69 Å². The fraction of sp³-hybridized carbons (Fsp3) is 0.185. The summed E-state index contributed by atoms with van der Waals surface area (Å²) >= 11 is 6.11. The molecular formula is C27H23ClN6O2. The van der Waals surface area contributed by atoms with Crippen molar-refractivity contribution in [3.8, 4) is 22.3 Å². The van der Waals surface area contributed by atoms with E-state index < -0.39 is 0 Å². The van der Waals surface area contributed by atoms with Crippen LogP contribution in [0.1, 0.15) is 5.56 Å². The molecule has 3 aromatic heterocycles. The van der Waals surface area contributed by atoms with Crippen LogP contribution in [0.5, 0.6) is 0 Å². The average Bonchev–Trinajstić information content (AvgIpc) is 3.25. The van der Waals surface area contributed by atoms with Gasteiger partial charge in [-0.3, -0.25) is 4.98 Å². The maximum absolute atomic E-state index is 13.3. The molecule has 6 rings (SSSR count). The van der Waals surface area contributed by atoms with Gasteiger partial charge in [-0.25, -0.2) is 9.48 Å². The SMILES string of the molecule is O=c1n(Cc2ccc(N3CCOCC3)cc2)nc2c(-c3ccncc3)c(-c3ccc(Cl)cc3)cnn12. The van der Waals surface area contributed by atoms with E-state index >= 15 is 0 Å². The van der Waals surface area contributed by atoms with Crippen molar-refractivity contribution < 1.29 is 4.74 Å². The lowest BCUT2D eigenvalue weighted by molar-refractivity contribution is 0.122. The lowest BCUT2D eigenvalue weighted by Gasteiger charge is -2.28. The highest BCUT2D eigenvalue weighted by atomic mass is 35.5. The van der Waals surface area contributed by atoms with Crippen LogP contribution in [-0.4, -0.2) is 50.7 Å². The summed E-state index contributed by atoms with van der Waals surface area (Å²) in [5, 5.41) is 9.84. The Hall–Kier alpha value is -4.01. The Kier molecular flexibility index (Phi) is 5.96. The molecule has 2 aromatic carbocycles. The molecule has 1 saturated heterocycles. The number of hydrogen-bond acceptors (Lipinski definition) is 6. The van der Waals surface area contributed by atoms with Crippen LogP contribution in [0.3, 0.4) is 0 Å². The van der Waals surface area contributed by atoms with Gasteiger partial charge in [0.05, 0.1) is 26.0 Å². The third-order valence-corrected chi connectivity index (χ3v) is 6.63. The maximum Gasteiger partial charge on any atom is 0.367 e. The van der Waals surface area contributed by atoms with Gasteiger partial charge in [0.2, 0.25) is 0 Å². The van der Waals surface area contributed by atoms with Gasteiger partial charge in [-0.05, 0) is 53.1 Å². The van der Waals surface area contributed by atoms with Gasteiger partial charge in [0.15, 0.2) is 5.65 Å². The molecule has 0 unspecified atom stereocenters. The molecule has 0 radical (unpaired) electrons. The highest BCUT2D eigenvalue weighted by Crippen LogP contribution is 2.34. The van der Waals surface area contributed by atoms with Crippen LogP contribution in [-0.2, 0) is 11.3 Å². The highest BCUT2D eigenvalue weighted by Gasteiger charge is 2.19. The number of morpholine rings is 1. The van der Waals surface area contributed by atoms with Gasteiger partial charge in [0, 0.05) is 47.3 Å². The Labute approximate surface area is 212 Å². The third kappa shape index (κ3) is 4.25. The third-order valence-electron chi connectivity index (χ3n) is 6.38. The maximum atomic E-state index is 13.3. The largest absolute Gasteiger partial charge is 0.378 e. The number of halogens is 1. The fourth-order valence-electron chi connectivity index (χ4n) is 4.52. The Balaban J connectivity index is 1.41. The van der Waals surface area contributed by atoms with Gasteiger partial charge >= 0.3 is 5.69 Å². The zero-order valence-corrected chi connectivity index (χ0v) is 20.2. The Morgan fingerprint density at radius 3 is 2.33 bits per heavy atom. The average molecular weight is 499 g/mol. The van der Waals surface area contributed by atoms with Crippen LogP contribution >= 0.6 is 11.6 Å². The van der Waals surface area contributed by atoms with Crippen molar-refractivity contribution in [1.82, 2.24) is 24.4 Å². The molecule has 8 nitrogen and oxygen atoms in total. The molecule has 9 heteroatoms. The molecule has 1 aliphatic rings. The van der Waals surface area contributed by atoms with E-state index in [9.17, 15) is 4.79 Å².